The summed E-state index contributed by atoms with van der Waals surface area (Å²) in [5.41, 5.74) is 1.55. The SMILES string of the molecule is COc1cc(CC(C)NC(=O)C(F)(F)F)c(OC)cc1CCS. The van der Waals surface area contributed by atoms with Gasteiger partial charge in [0, 0.05) is 6.04 Å². The third-order valence-electron chi connectivity index (χ3n) is 3.23. The van der Waals surface area contributed by atoms with Crippen molar-refractivity contribution >= 4 is 18.5 Å². The first-order chi connectivity index (χ1) is 10.7. The molecule has 0 aliphatic rings. The van der Waals surface area contributed by atoms with E-state index in [1.807, 2.05) is 5.32 Å². The average Bonchev–Trinajstić information content (AvgIpc) is 2.47. The third-order valence-corrected chi connectivity index (χ3v) is 3.45. The summed E-state index contributed by atoms with van der Waals surface area (Å²) in [5, 5.41) is 1.92. The number of amides is 1. The molecule has 0 heterocycles. The highest BCUT2D eigenvalue weighted by Crippen LogP contribution is 2.30. The van der Waals surface area contributed by atoms with E-state index < -0.39 is 18.1 Å². The van der Waals surface area contributed by atoms with Gasteiger partial charge in [-0.3, -0.25) is 4.79 Å². The molecule has 1 N–H and O–H groups in total. The van der Waals surface area contributed by atoms with E-state index in [2.05, 4.69) is 12.6 Å². The molecule has 4 nitrogen and oxygen atoms in total. The number of hydrogen-bond donors (Lipinski definition) is 2. The molecule has 130 valence electrons. The molecule has 0 aliphatic heterocycles. The van der Waals surface area contributed by atoms with Crippen LogP contribution in [0.25, 0.3) is 0 Å². The van der Waals surface area contributed by atoms with E-state index in [1.165, 1.54) is 21.1 Å². The molecule has 8 heteroatoms. The molecular formula is C15H20F3NO3S. The second kappa shape index (κ2) is 8.33. The van der Waals surface area contributed by atoms with Crippen molar-refractivity contribution in [2.24, 2.45) is 0 Å². The lowest BCUT2D eigenvalue weighted by Crippen LogP contribution is -2.42. The van der Waals surface area contributed by atoms with Crippen molar-refractivity contribution in [3.8, 4) is 11.5 Å². The number of benzene rings is 1. The summed E-state index contributed by atoms with van der Waals surface area (Å²) in [7, 11) is 3.00. The predicted molar refractivity (Wildman–Crippen MR) is 84.5 cm³/mol. The summed E-state index contributed by atoms with van der Waals surface area (Å²) < 4.78 is 47.4. The van der Waals surface area contributed by atoms with Gasteiger partial charge in [-0.1, -0.05) is 0 Å². The van der Waals surface area contributed by atoms with Gasteiger partial charge in [0.25, 0.3) is 0 Å². The fraction of sp³-hybridized carbons (Fsp3) is 0.533. The molecule has 1 aromatic carbocycles. The van der Waals surface area contributed by atoms with Crippen LogP contribution in [0.1, 0.15) is 18.1 Å². The number of methoxy groups -OCH3 is 2. The summed E-state index contributed by atoms with van der Waals surface area (Å²) in [5.74, 6) is -0.181. The van der Waals surface area contributed by atoms with Crippen LogP contribution in [0.15, 0.2) is 12.1 Å². The Morgan fingerprint density at radius 3 is 2.22 bits per heavy atom. The van der Waals surface area contributed by atoms with Crippen LogP contribution in [-0.2, 0) is 17.6 Å². The van der Waals surface area contributed by atoms with Crippen LogP contribution in [-0.4, -0.2) is 38.1 Å². The number of halogens is 3. The Hall–Kier alpha value is -1.57. The van der Waals surface area contributed by atoms with Gasteiger partial charge in [-0.2, -0.15) is 25.8 Å². The molecule has 1 unspecified atom stereocenters. The second-order valence-corrected chi connectivity index (χ2v) is 5.47. The van der Waals surface area contributed by atoms with Gasteiger partial charge in [-0.25, -0.2) is 0 Å². The summed E-state index contributed by atoms with van der Waals surface area (Å²) in [6.45, 7) is 1.50. The van der Waals surface area contributed by atoms with Crippen molar-refractivity contribution in [1.82, 2.24) is 5.32 Å². The molecular weight excluding hydrogens is 331 g/mol. The Labute approximate surface area is 138 Å². The van der Waals surface area contributed by atoms with E-state index in [1.54, 1.807) is 12.1 Å². The van der Waals surface area contributed by atoms with Gasteiger partial charge >= 0.3 is 12.1 Å². The van der Waals surface area contributed by atoms with Crippen molar-refractivity contribution in [2.75, 3.05) is 20.0 Å². The van der Waals surface area contributed by atoms with E-state index >= 15 is 0 Å². The first kappa shape index (κ1) is 19.5. The quantitative estimate of drug-likeness (QED) is 0.743. The monoisotopic (exact) mass is 351 g/mol. The van der Waals surface area contributed by atoms with Crippen LogP contribution in [0.5, 0.6) is 11.5 Å². The minimum atomic E-state index is -4.90. The van der Waals surface area contributed by atoms with Gasteiger partial charge < -0.3 is 14.8 Å². The topological polar surface area (TPSA) is 47.6 Å². The van der Waals surface area contributed by atoms with Crippen LogP contribution < -0.4 is 14.8 Å². The standard InChI is InChI=1S/C15H20F3NO3S/c1-9(19-14(20)15(16,17)18)6-11-8-12(21-2)10(4-5-23)7-13(11)22-3/h7-9,23H,4-6H2,1-3H3,(H,19,20). The summed E-state index contributed by atoms with van der Waals surface area (Å²) in [6.07, 6.45) is -4.04. The fourth-order valence-electron chi connectivity index (χ4n) is 2.19. The highest BCUT2D eigenvalue weighted by molar-refractivity contribution is 7.80. The zero-order valence-electron chi connectivity index (χ0n) is 13.2. The predicted octanol–water partition coefficient (Wildman–Crippen LogP) is 2.79. The fourth-order valence-corrected chi connectivity index (χ4v) is 2.43. The molecule has 0 fully saturated rings. The molecule has 23 heavy (non-hydrogen) atoms. The number of carbonyl (C=O) groups is 1. The molecule has 1 aromatic rings. The molecule has 0 bridgehead atoms. The minimum absolute atomic E-state index is 0.183. The van der Waals surface area contributed by atoms with Crippen LogP contribution >= 0.6 is 12.6 Å². The van der Waals surface area contributed by atoms with Crippen molar-refractivity contribution in [3.63, 3.8) is 0 Å². The Morgan fingerprint density at radius 2 is 1.74 bits per heavy atom. The first-order valence-corrected chi connectivity index (χ1v) is 7.58. The molecule has 1 atom stereocenters. The number of ether oxygens (including phenoxy) is 2. The van der Waals surface area contributed by atoms with E-state index in [0.29, 0.717) is 29.2 Å². The number of carbonyl (C=O) groups excluding carboxylic acids is 1. The highest BCUT2D eigenvalue weighted by atomic mass is 32.1. The molecule has 0 saturated carbocycles. The van der Waals surface area contributed by atoms with E-state index in [4.69, 9.17) is 9.47 Å². The van der Waals surface area contributed by atoms with Gasteiger partial charge in [0.05, 0.1) is 14.2 Å². The van der Waals surface area contributed by atoms with Crippen molar-refractivity contribution in [1.29, 1.82) is 0 Å². The maximum Gasteiger partial charge on any atom is 0.471 e. The number of thiol groups is 1. The zero-order chi connectivity index (χ0) is 17.6. The minimum Gasteiger partial charge on any atom is -0.496 e. The maximum absolute atomic E-state index is 12.3. The smallest absolute Gasteiger partial charge is 0.471 e. The summed E-state index contributed by atoms with van der Waals surface area (Å²) in [6, 6.07) is 2.79. The highest BCUT2D eigenvalue weighted by Gasteiger charge is 2.39. The van der Waals surface area contributed by atoms with E-state index in [0.717, 1.165) is 5.56 Å². The van der Waals surface area contributed by atoms with E-state index in [9.17, 15) is 18.0 Å². The Morgan fingerprint density at radius 1 is 1.22 bits per heavy atom. The van der Waals surface area contributed by atoms with Gasteiger partial charge in [0.15, 0.2) is 0 Å². The summed E-state index contributed by atoms with van der Waals surface area (Å²) in [4.78, 5) is 11.0. The molecule has 0 spiro atoms. The van der Waals surface area contributed by atoms with E-state index in [-0.39, 0.29) is 6.42 Å². The Bertz CT molecular complexity index is 550. The Balaban J connectivity index is 2.96. The molecule has 1 rings (SSSR count). The Kier molecular flexibility index (Phi) is 7.05. The largest absolute Gasteiger partial charge is 0.496 e. The zero-order valence-corrected chi connectivity index (χ0v) is 14.1. The lowest BCUT2D eigenvalue weighted by Gasteiger charge is -2.19. The van der Waals surface area contributed by atoms with Gasteiger partial charge in [0.1, 0.15) is 11.5 Å². The maximum atomic E-state index is 12.3. The summed E-state index contributed by atoms with van der Waals surface area (Å²) >= 11 is 4.18. The van der Waals surface area contributed by atoms with Crippen LogP contribution in [0.3, 0.4) is 0 Å². The van der Waals surface area contributed by atoms with Gasteiger partial charge in [0.2, 0.25) is 0 Å². The average molecular weight is 351 g/mol. The number of aryl methyl sites for hydroxylation is 1. The van der Waals surface area contributed by atoms with Crippen LogP contribution in [0, 0.1) is 0 Å². The second-order valence-electron chi connectivity index (χ2n) is 5.03. The number of alkyl halides is 3. The van der Waals surface area contributed by atoms with Crippen molar-refractivity contribution < 1.29 is 27.4 Å². The first-order valence-electron chi connectivity index (χ1n) is 6.95. The molecule has 0 aromatic heterocycles. The normalized spacial score (nSPS) is 12.7. The lowest BCUT2D eigenvalue weighted by atomic mass is 10.0. The van der Waals surface area contributed by atoms with Crippen molar-refractivity contribution in [2.45, 2.75) is 32.0 Å². The van der Waals surface area contributed by atoms with Gasteiger partial charge in [-0.15, -0.1) is 0 Å². The van der Waals surface area contributed by atoms with Crippen LogP contribution in [0.2, 0.25) is 0 Å². The lowest BCUT2D eigenvalue weighted by molar-refractivity contribution is -0.174. The number of nitrogens with one attached hydrogen (secondary N) is 1. The molecule has 0 aliphatic carbocycles. The van der Waals surface area contributed by atoms with Crippen LogP contribution in [0.4, 0.5) is 13.2 Å². The number of rotatable bonds is 7. The third kappa shape index (κ3) is 5.53. The van der Waals surface area contributed by atoms with Crippen molar-refractivity contribution in [3.05, 3.63) is 23.3 Å². The molecule has 0 saturated heterocycles. The number of hydrogen-bond acceptors (Lipinski definition) is 4. The molecule has 1 amide bonds. The molecule has 0 radical (unpaired) electrons. The van der Waals surface area contributed by atoms with Gasteiger partial charge in [-0.05, 0) is 48.8 Å².